The number of aromatic nitrogens is 2. The van der Waals surface area contributed by atoms with Crippen molar-refractivity contribution in [3.63, 3.8) is 0 Å². The minimum Gasteiger partial charge on any atom is -0.394 e. The molecule has 1 saturated carbocycles. The molecule has 1 heterocycles. The van der Waals surface area contributed by atoms with E-state index in [4.69, 9.17) is 0 Å². The highest BCUT2D eigenvalue weighted by Crippen LogP contribution is 2.35. The lowest BCUT2D eigenvalue weighted by Gasteiger charge is -2.40. The summed E-state index contributed by atoms with van der Waals surface area (Å²) < 4.78 is 1.89. The third-order valence-corrected chi connectivity index (χ3v) is 4.84. The Hall–Kier alpha value is -0.880. The predicted molar refractivity (Wildman–Crippen MR) is 82.9 cm³/mol. The Labute approximate surface area is 127 Å². The van der Waals surface area contributed by atoms with Gasteiger partial charge in [-0.3, -0.25) is 4.79 Å². The molecular weight excluding hydrogens is 322 g/mol. The van der Waals surface area contributed by atoms with E-state index in [1.807, 2.05) is 6.92 Å². The number of aliphatic hydroxyl groups is 1. The van der Waals surface area contributed by atoms with E-state index in [1.54, 1.807) is 6.20 Å². The third kappa shape index (κ3) is 3.06. The van der Waals surface area contributed by atoms with Crippen LogP contribution in [-0.4, -0.2) is 27.0 Å². The van der Waals surface area contributed by atoms with Gasteiger partial charge in [-0.05, 0) is 41.6 Å². The summed E-state index contributed by atoms with van der Waals surface area (Å²) in [5.74, 6) is 0.575. The lowest BCUT2D eigenvalue weighted by molar-refractivity contribution is 0.149. The van der Waals surface area contributed by atoms with Gasteiger partial charge in [0, 0.05) is 6.54 Å². The Morgan fingerprint density at radius 2 is 2.40 bits per heavy atom. The summed E-state index contributed by atoms with van der Waals surface area (Å²) in [6.45, 7) is 4.69. The quantitative estimate of drug-likeness (QED) is 0.880. The number of hydrogen-bond donors (Lipinski definition) is 2. The zero-order valence-electron chi connectivity index (χ0n) is 12.0. The molecule has 2 unspecified atom stereocenters. The lowest BCUT2D eigenvalue weighted by Crippen LogP contribution is -2.46. The Balaban J connectivity index is 2.28. The van der Waals surface area contributed by atoms with Crippen LogP contribution in [0.5, 0.6) is 0 Å². The van der Waals surface area contributed by atoms with Crippen LogP contribution in [0.15, 0.2) is 15.5 Å². The average Bonchev–Trinajstić information content (AvgIpc) is 2.44. The van der Waals surface area contributed by atoms with Gasteiger partial charge in [0.15, 0.2) is 0 Å². The maximum atomic E-state index is 12.1. The summed E-state index contributed by atoms with van der Waals surface area (Å²) >= 11 is 3.35. The van der Waals surface area contributed by atoms with Gasteiger partial charge < -0.3 is 10.4 Å². The molecule has 1 aliphatic rings. The molecule has 0 aliphatic heterocycles. The number of nitrogens with zero attached hydrogens (tertiary/aromatic N) is 2. The number of anilines is 1. The molecule has 0 spiro atoms. The van der Waals surface area contributed by atoms with E-state index in [0.717, 1.165) is 19.3 Å². The second-order valence-electron chi connectivity index (χ2n) is 5.76. The maximum absolute atomic E-state index is 12.1. The summed E-state index contributed by atoms with van der Waals surface area (Å²) in [4.78, 5) is 12.1. The van der Waals surface area contributed by atoms with E-state index in [-0.39, 0.29) is 17.7 Å². The van der Waals surface area contributed by atoms with Gasteiger partial charge in [0.25, 0.3) is 5.56 Å². The van der Waals surface area contributed by atoms with Crippen LogP contribution in [0.2, 0.25) is 0 Å². The second-order valence-corrected chi connectivity index (χ2v) is 6.55. The number of rotatable bonds is 4. The molecule has 0 bridgehead atoms. The molecule has 1 aromatic heterocycles. The van der Waals surface area contributed by atoms with Crippen molar-refractivity contribution < 1.29 is 5.11 Å². The molecule has 1 aromatic rings. The fraction of sp³-hybridized carbons (Fsp3) is 0.714. The normalized spacial score (nSPS) is 26.5. The molecule has 1 fully saturated rings. The van der Waals surface area contributed by atoms with Crippen molar-refractivity contribution in [2.75, 3.05) is 11.9 Å². The minimum atomic E-state index is -0.341. The first kappa shape index (κ1) is 15.5. The van der Waals surface area contributed by atoms with Crippen LogP contribution in [0.3, 0.4) is 0 Å². The fourth-order valence-corrected chi connectivity index (χ4v) is 3.43. The van der Waals surface area contributed by atoms with Gasteiger partial charge in [-0.15, -0.1) is 0 Å². The molecule has 2 atom stereocenters. The molecule has 2 rings (SSSR count). The highest BCUT2D eigenvalue weighted by Gasteiger charge is 2.35. The molecule has 5 nitrogen and oxygen atoms in total. The molecule has 20 heavy (non-hydrogen) atoms. The first-order chi connectivity index (χ1) is 9.51. The largest absolute Gasteiger partial charge is 0.394 e. The van der Waals surface area contributed by atoms with Crippen molar-refractivity contribution in [3.05, 3.63) is 21.0 Å². The van der Waals surface area contributed by atoms with Crippen LogP contribution >= 0.6 is 15.9 Å². The van der Waals surface area contributed by atoms with Crippen LogP contribution in [-0.2, 0) is 6.54 Å². The van der Waals surface area contributed by atoms with E-state index < -0.39 is 0 Å². The van der Waals surface area contributed by atoms with Crippen molar-refractivity contribution >= 4 is 21.6 Å². The van der Waals surface area contributed by atoms with Crippen molar-refractivity contribution in [2.45, 2.75) is 51.6 Å². The zero-order chi connectivity index (χ0) is 14.8. The molecule has 0 amide bonds. The van der Waals surface area contributed by atoms with Gasteiger partial charge in [-0.1, -0.05) is 19.8 Å². The van der Waals surface area contributed by atoms with Crippen molar-refractivity contribution in [1.29, 1.82) is 0 Å². The summed E-state index contributed by atoms with van der Waals surface area (Å²) in [6, 6.07) is 0. The maximum Gasteiger partial charge on any atom is 0.283 e. The van der Waals surface area contributed by atoms with Crippen LogP contribution in [0, 0.1) is 5.92 Å². The van der Waals surface area contributed by atoms with Gasteiger partial charge in [-0.2, -0.15) is 5.10 Å². The minimum absolute atomic E-state index is 0.0701. The Bertz CT molecular complexity index is 532. The van der Waals surface area contributed by atoms with Gasteiger partial charge in [-0.25, -0.2) is 4.68 Å². The van der Waals surface area contributed by atoms with Crippen LogP contribution in [0.25, 0.3) is 0 Å². The lowest BCUT2D eigenvalue weighted by atomic mass is 9.77. The van der Waals surface area contributed by atoms with E-state index >= 15 is 0 Å². The SMILES string of the molecule is CCn1ncc(NC2(CO)CCCC(C)C2)c(Br)c1=O. The number of halogens is 1. The monoisotopic (exact) mass is 343 g/mol. The van der Waals surface area contributed by atoms with E-state index in [0.29, 0.717) is 22.6 Å². The van der Waals surface area contributed by atoms with Gasteiger partial charge in [0.2, 0.25) is 0 Å². The topological polar surface area (TPSA) is 67.2 Å². The molecule has 0 saturated heterocycles. The van der Waals surface area contributed by atoms with Crippen molar-refractivity contribution in [1.82, 2.24) is 9.78 Å². The van der Waals surface area contributed by atoms with E-state index in [1.165, 1.54) is 11.1 Å². The third-order valence-electron chi connectivity index (χ3n) is 4.08. The van der Waals surface area contributed by atoms with Crippen molar-refractivity contribution in [3.8, 4) is 0 Å². The highest BCUT2D eigenvalue weighted by molar-refractivity contribution is 9.10. The summed E-state index contributed by atoms with van der Waals surface area (Å²) in [5, 5.41) is 17.3. The summed E-state index contributed by atoms with van der Waals surface area (Å²) in [5.41, 5.74) is 0.185. The zero-order valence-corrected chi connectivity index (χ0v) is 13.6. The van der Waals surface area contributed by atoms with E-state index in [2.05, 4.69) is 33.3 Å². The number of hydrogen-bond acceptors (Lipinski definition) is 4. The van der Waals surface area contributed by atoms with Crippen LogP contribution in [0.1, 0.15) is 39.5 Å². The first-order valence-electron chi connectivity index (χ1n) is 7.16. The molecule has 112 valence electrons. The smallest absolute Gasteiger partial charge is 0.283 e. The Kier molecular flexibility index (Phi) is 4.86. The second kappa shape index (κ2) is 6.26. The molecule has 0 aromatic carbocycles. The Morgan fingerprint density at radius 3 is 3.00 bits per heavy atom. The van der Waals surface area contributed by atoms with Gasteiger partial charge in [0.05, 0.1) is 24.0 Å². The first-order valence-corrected chi connectivity index (χ1v) is 7.95. The van der Waals surface area contributed by atoms with Gasteiger partial charge >= 0.3 is 0 Å². The number of aryl methyl sites for hydroxylation is 1. The van der Waals surface area contributed by atoms with Gasteiger partial charge in [0.1, 0.15) is 4.47 Å². The Morgan fingerprint density at radius 1 is 1.65 bits per heavy atom. The van der Waals surface area contributed by atoms with E-state index in [9.17, 15) is 9.90 Å². The standard InChI is InChI=1S/C14H22BrN3O2/c1-3-18-13(20)12(15)11(8-16-18)17-14(9-19)6-4-5-10(2)7-14/h8,10,17,19H,3-7,9H2,1-2H3. The fourth-order valence-electron chi connectivity index (χ4n) is 3.02. The molecule has 6 heteroatoms. The number of nitrogens with one attached hydrogen (secondary N) is 1. The van der Waals surface area contributed by atoms with Crippen molar-refractivity contribution in [2.24, 2.45) is 5.92 Å². The number of aliphatic hydroxyl groups excluding tert-OH is 1. The summed E-state index contributed by atoms with van der Waals surface area (Å²) in [6.07, 6.45) is 5.77. The average molecular weight is 344 g/mol. The highest BCUT2D eigenvalue weighted by atomic mass is 79.9. The van der Waals surface area contributed by atoms with Crippen LogP contribution in [0.4, 0.5) is 5.69 Å². The molecular formula is C14H22BrN3O2. The molecule has 0 radical (unpaired) electrons. The summed E-state index contributed by atoms with van der Waals surface area (Å²) in [7, 11) is 0. The van der Waals surface area contributed by atoms with Crippen LogP contribution < -0.4 is 10.9 Å². The predicted octanol–water partition coefficient (Wildman–Crippen LogP) is 2.38. The molecule has 2 N–H and O–H groups in total. The molecule has 1 aliphatic carbocycles.